The molecule has 0 aliphatic rings. The van der Waals surface area contributed by atoms with Crippen LogP contribution in [0.3, 0.4) is 0 Å². The van der Waals surface area contributed by atoms with E-state index >= 15 is 0 Å². The number of nitrogens with zero attached hydrogens (tertiary/aromatic N) is 5. The monoisotopic (exact) mass is 504 g/mol. The molecule has 0 aliphatic carbocycles. The van der Waals surface area contributed by atoms with Crippen LogP contribution in [0.15, 0.2) is 73.2 Å². The fourth-order valence-electron chi connectivity index (χ4n) is 3.63. The number of aryl methyl sites for hydroxylation is 2. The maximum Gasteiger partial charge on any atom is 0.416 e. The van der Waals surface area contributed by atoms with E-state index in [1.165, 1.54) is 12.1 Å². The van der Waals surface area contributed by atoms with Crippen molar-refractivity contribution in [3.63, 3.8) is 0 Å². The Labute approximate surface area is 208 Å². The summed E-state index contributed by atoms with van der Waals surface area (Å²) in [6.45, 7) is 1.82. The van der Waals surface area contributed by atoms with Gasteiger partial charge in [-0.15, -0.1) is 0 Å². The van der Waals surface area contributed by atoms with Crippen LogP contribution in [0.2, 0.25) is 0 Å². The number of aromatic nitrogens is 5. The molecule has 3 heterocycles. The van der Waals surface area contributed by atoms with Crippen molar-refractivity contribution in [2.45, 2.75) is 13.1 Å². The highest BCUT2D eigenvalue weighted by Crippen LogP contribution is 2.33. The second-order valence-corrected chi connectivity index (χ2v) is 8.21. The van der Waals surface area contributed by atoms with Gasteiger partial charge in [-0.25, -0.2) is 4.98 Å². The number of hydrogen-bond donors (Lipinski definition) is 1. The number of amides is 1. The number of ether oxygens (including phenoxy) is 1. The Morgan fingerprint density at radius 2 is 1.86 bits per heavy atom. The zero-order valence-electron chi connectivity index (χ0n) is 19.6. The summed E-state index contributed by atoms with van der Waals surface area (Å²) in [6.07, 6.45) is 0.319. The van der Waals surface area contributed by atoms with Crippen LogP contribution in [0.4, 0.5) is 18.9 Å². The number of pyridine rings is 1. The number of hydrogen-bond acceptors (Lipinski definition) is 6. The molecule has 0 bridgehead atoms. The molecule has 0 unspecified atom stereocenters. The lowest BCUT2D eigenvalue weighted by atomic mass is 10.1. The Morgan fingerprint density at radius 3 is 2.62 bits per heavy atom. The number of carbonyl (C=O) groups is 1. The second kappa shape index (κ2) is 9.34. The molecule has 8 nitrogen and oxygen atoms in total. The van der Waals surface area contributed by atoms with E-state index in [0.717, 1.165) is 17.7 Å². The molecule has 1 N–H and O–H groups in total. The molecule has 3 aromatic heterocycles. The zero-order valence-corrected chi connectivity index (χ0v) is 19.6. The molecular weight excluding hydrogens is 485 g/mol. The van der Waals surface area contributed by atoms with Crippen molar-refractivity contribution in [2.75, 3.05) is 5.32 Å². The summed E-state index contributed by atoms with van der Waals surface area (Å²) < 4.78 is 46.9. The van der Waals surface area contributed by atoms with Gasteiger partial charge in [0.1, 0.15) is 11.1 Å². The molecule has 0 radical (unpaired) electrons. The number of fused-ring (bicyclic) bond motifs is 1. The lowest BCUT2D eigenvalue weighted by Gasteiger charge is -2.13. The van der Waals surface area contributed by atoms with Crippen molar-refractivity contribution < 1.29 is 22.7 Å². The molecule has 0 saturated carbocycles. The number of alkyl halides is 3. The fraction of sp³-hybridized carbons (Fsp3) is 0.115. The predicted octanol–water partition coefficient (Wildman–Crippen LogP) is 5.80. The molecule has 186 valence electrons. The summed E-state index contributed by atoms with van der Waals surface area (Å²) in [7, 11) is 1.75. The first-order valence-electron chi connectivity index (χ1n) is 11.1. The van der Waals surface area contributed by atoms with E-state index in [-0.39, 0.29) is 11.4 Å². The van der Waals surface area contributed by atoms with E-state index in [1.54, 1.807) is 54.6 Å². The summed E-state index contributed by atoms with van der Waals surface area (Å²) in [5.74, 6) is 0.353. The maximum absolute atomic E-state index is 13.0. The molecule has 0 saturated heterocycles. The van der Waals surface area contributed by atoms with Crippen LogP contribution in [0.1, 0.15) is 21.5 Å². The van der Waals surface area contributed by atoms with E-state index in [1.807, 2.05) is 13.0 Å². The SMILES string of the molecule is Cc1ccc(NC(=O)c2cccc(C(F)(F)F)c2)cc1Oc1nc(-c2cccnc2)nc2c1cnn2C. The van der Waals surface area contributed by atoms with Gasteiger partial charge >= 0.3 is 6.18 Å². The minimum Gasteiger partial charge on any atom is -0.438 e. The lowest BCUT2D eigenvalue weighted by Crippen LogP contribution is -2.14. The minimum absolute atomic E-state index is 0.119. The molecular formula is C26H19F3N6O2. The second-order valence-electron chi connectivity index (χ2n) is 8.21. The third-order valence-corrected chi connectivity index (χ3v) is 5.58. The average molecular weight is 504 g/mol. The topological polar surface area (TPSA) is 94.8 Å². The number of benzene rings is 2. The van der Waals surface area contributed by atoms with E-state index < -0.39 is 17.6 Å². The van der Waals surface area contributed by atoms with Gasteiger partial charge in [0.15, 0.2) is 11.5 Å². The Balaban J connectivity index is 1.46. The molecule has 1 amide bonds. The van der Waals surface area contributed by atoms with Crippen LogP contribution in [0.25, 0.3) is 22.4 Å². The van der Waals surface area contributed by atoms with Gasteiger partial charge in [-0.3, -0.25) is 14.5 Å². The minimum atomic E-state index is -4.55. The van der Waals surface area contributed by atoms with Crippen molar-refractivity contribution in [2.24, 2.45) is 7.05 Å². The third-order valence-electron chi connectivity index (χ3n) is 5.58. The number of anilines is 1. The summed E-state index contributed by atoms with van der Waals surface area (Å²) in [5.41, 5.74) is 1.31. The van der Waals surface area contributed by atoms with E-state index in [9.17, 15) is 18.0 Å². The summed E-state index contributed by atoms with van der Waals surface area (Å²) >= 11 is 0. The molecule has 0 atom stereocenters. The van der Waals surface area contributed by atoms with E-state index in [0.29, 0.717) is 33.9 Å². The highest BCUT2D eigenvalue weighted by Gasteiger charge is 2.31. The summed E-state index contributed by atoms with van der Waals surface area (Å²) in [4.78, 5) is 25.9. The fourth-order valence-corrected chi connectivity index (χ4v) is 3.63. The molecule has 0 spiro atoms. The van der Waals surface area contributed by atoms with Gasteiger partial charge in [0.05, 0.1) is 11.8 Å². The van der Waals surface area contributed by atoms with E-state index in [4.69, 9.17) is 4.74 Å². The van der Waals surface area contributed by atoms with Crippen LogP contribution in [0.5, 0.6) is 11.6 Å². The molecule has 2 aromatic carbocycles. The van der Waals surface area contributed by atoms with Gasteiger partial charge in [0.25, 0.3) is 5.91 Å². The van der Waals surface area contributed by atoms with Crippen molar-refractivity contribution in [3.8, 4) is 23.0 Å². The van der Waals surface area contributed by atoms with Crippen molar-refractivity contribution in [1.29, 1.82) is 0 Å². The van der Waals surface area contributed by atoms with Gasteiger partial charge < -0.3 is 10.1 Å². The Hall–Kier alpha value is -4.80. The Bertz CT molecular complexity index is 1620. The molecule has 0 aliphatic heterocycles. The van der Waals surface area contributed by atoms with Crippen LogP contribution >= 0.6 is 0 Å². The first-order valence-corrected chi connectivity index (χ1v) is 11.1. The molecule has 5 aromatic rings. The Kier molecular flexibility index (Phi) is 6.04. The van der Waals surface area contributed by atoms with Gasteiger partial charge in [0.2, 0.25) is 5.88 Å². The van der Waals surface area contributed by atoms with Gasteiger partial charge in [-0.2, -0.15) is 23.3 Å². The predicted molar refractivity (Wildman–Crippen MR) is 130 cm³/mol. The molecule has 5 rings (SSSR count). The lowest BCUT2D eigenvalue weighted by molar-refractivity contribution is -0.137. The van der Waals surface area contributed by atoms with Crippen LogP contribution < -0.4 is 10.1 Å². The highest BCUT2D eigenvalue weighted by atomic mass is 19.4. The first kappa shape index (κ1) is 23.9. The molecule has 0 fully saturated rings. The normalized spacial score (nSPS) is 11.5. The van der Waals surface area contributed by atoms with Crippen LogP contribution in [-0.4, -0.2) is 30.6 Å². The van der Waals surface area contributed by atoms with Gasteiger partial charge in [-0.05, 0) is 48.9 Å². The number of nitrogens with one attached hydrogen (secondary N) is 1. The van der Waals surface area contributed by atoms with Gasteiger partial charge in [-0.1, -0.05) is 12.1 Å². The number of carbonyl (C=O) groups excluding carboxylic acids is 1. The number of rotatable bonds is 5. The van der Waals surface area contributed by atoms with Crippen LogP contribution in [0, 0.1) is 6.92 Å². The van der Waals surface area contributed by atoms with Crippen LogP contribution in [-0.2, 0) is 13.2 Å². The van der Waals surface area contributed by atoms with Crippen molar-refractivity contribution in [3.05, 3.63) is 89.9 Å². The standard InChI is InChI=1S/C26H19F3N6O2/c1-15-8-9-19(32-24(36)16-5-3-7-18(11-16)26(27,28)29)12-21(15)37-25-20-14-31-35(2)23(20)33-22(34-25)17-6-4-10-30-13-17/h3-14H,1-2H3,(H,32,36). The van der Waals surface area contributed by atoms with Gasteiger partial charge in [0, 0.05) is 42.3 Å². The maximum atomic E-state index is 13.0. The van der Waals surface area contributed by atoms with Crippen molar-refractivity contribution in [1.82, 2.24) is 24.7 Å². The summed E-state index contributed by atoms with van der Waals surface area (Å²) in [5, 5.41) is 7.45. The Morgan fingerprint density at radius 1 is 1.03 bits per heavy atom. The summed E-state index contributed by atoms with van der Waals surface area (Å²) in [6, 6.07) is 12.8. The van der Waals surface area contributed by atoms with E-state index in [2.05, 4.69) is 25.4 Å². The third kappa shape index (κ3) is 4.96. The quantitative estimate of drug-likeness (QED) is 0.325. The molecule has 37 heavy (non-hydrogen) atoms. The smallest absolute Gasteiger partial charge is 0.416 e. The first-order chi connectivity index (χ1) is 17.7. The molecule has 11 heteroatoms. The highest BCUT2D eigenvalue weighted by molar-refractivity contribution is 6.04. The number of halogens is 3. The zero-order chi connectivity index (χ0) is 26.2. The van der Waals surface area contributed by atoms with Crippen molar-refractivity contribution >= 4 is 22.6 Å². The largest absolute Gasteiger partial charge is 0.438 e. The average Bonchev–Trinajstić information content (AvgIpc) is 3.27.